The van der Waals surface area contributed by atoms with Crippen LogP contribution < -0.4 is 0 Å². The zero-order valence-corrected chi connectivity index (χ0v) is 14.5. The largest absolute Gasteiger partial charge is 0.463 e. The molecule has 3 nitrogen and oxygen atoms in total. The Morgan fingerprint density at radius 2 is 1.96 bits per heavy atom. The van der Waals surface area contributed by atoms with E-state index in [4.69, 9.17) is 9.47 Å². The number of halogens is 1. The first-order chi connectivity index (χ1) is 11.0. The van der Waals surface area contributed by atoms with Crippen LogP contribution in [0.15, 0.2) is 24.3 Å². The Labute approximate surface area is 138 Å². The summed E-state index contributed by atoms with van der Waals surface area (Å²) >= 11 is 0. The van der Waals surface area contributed by atoms with Crippen LogP contribution in [0.2, 0.25) is 0 Å². The van der Waals surface area contributed by atoms with Gasteiger partial charge in [0, 0.05) is 11.6 Å². The van der Waals surface area contributed by atoms with Gasteiger partial charge in [0.25, 0.3) is 0 Å². The predicted molar refractivity (Wildman–Crippen MR) is 90.5 cm³/mol. The highest BCUT2D eigenvalue weighted by atomic mass is 19.1. The molecule has 4 heteroatoms. The molecule has 0 bridgehead atoms. The molecule has 0 spiro atoms. The molecule has 1 rings (SSSR count). The normalized spacial score (nSPS) is 12.8. The maximum absolute atomic E-state index is 14.1. The summed E-state index contributed by atoms with van der Waals surface area (Å²) in [5.41, 5.74) is 1.11. The number of carbonyl (C=O) groups is 1. The molecule has 0 amide bonds. The summed E-state index contributed by atoms with van der Waals surface area (Å²) in [6.07, 6.45) is 4.58. The van der Waals surface area contributed by atoms with Crippen molar-refractivity contribution in [1.82, 2.24) is 0 Å². The van der Waals surface area contributed by atoms with Gasteiger partial charge >= 0.3 is 5.97 Å². The maximum Gasteiger partial charge on any atom is 0.330 e. The van der Waals surface area contributed by atoms with Gasteiger partial charge in [-0.15, -0.1) is 0 Å². The van der Waals surface area contributed by atoms with E-state index in [1.54, 1.807) is 13.0 Å². The standard InChI is InChI=1S/C19H27FO3/c1-5-15(6-2)13-23-14(4)16-9-8-10-18(20)17(16)11-12-19(21)22-7-3/h8-12,14-15H,5-7,13H2,1-4H3/b12-11+/t14-/m1/s1. The molecule has 0 saturated carbocycles. The van der Waals surface area contributed by atoms with Crippen LogP contribution in [0.4, 0.5) is 4.39 Å². The van der Waals surface area contributed by atoms with Crippen LogP contribution in [0.5, 0.6) is 0 Å². The van der Waals surface area contributed by atoms with Gasteiger partial charge in [-0.05, 0) is 37.5 Å². The van der Waals surface area contributed by atoms with Crippen molar-refractivity contribution in [2.45, 2.75) is 46.6 Å². The first-order valence-corrected chi connectivity index (χ1v) is 8.28. The summed E-state index contributed by atoms with van der Waals surface area (Å²) in [5.74, 6) is -0.349. The Morgan fingerprint density at radius 3 is 2.57 bits per heavy atom. The number of benzene rings is 1. The fourth-order valence-electron chi connectivity index (χ4n) is 2.32. The number of ether oxygens (including phenoxy) is 2. The summed E-state index contributed by atoms with van der Waals surface area (Å²) in [6, 6.07) is 4.86. The van der Waals surface area contributed by atoms with E-state index in [2.05, 4.69) is 13.8 Å². The highest BCUT2D eigenvalue weighted by Crippen LogP contribution is 2.26. The lowest BCUT2D eigenvalue weighted by atomic mass is 10.0. The van der Waals surface area contributed by atoms with Crippen molar-refractivity contribution in [3.63, 3.8) is 0 Å². The van der Waals surface area contributed by atoms with Crippen molar-refractivity contribution in [3.8, 4) is 0 Å². The fourth-order valence-corrected chi connectivity index (χ4v) is 2.32. The third-order valence-corrected chi connectivity index (χ3v) is 3.93. The lowest BCUT2D eigenvalue weighted by Gasteiger charge is -2.20. The monoisotopic (exact) mass is 322 g/mol. The zero-order valence-electron chi connectivity index (χ0n) is 14.5. The highest BCUT2D eigenvalue weighted by Gasteiger charge is 2.15. The van der Waals surface area contributed by atoms with E-state index in [9.17, 15) is 9.18 Å². The number of esters is 1. The molecule has 1 atom stereocenters. The molecular formula is C19H27FO3. The second-order valence-corrected chi connectivity index (χ2v) is 5.49. The molecule has 0 aliphatic heterocycles. The smallest absolute Gasteiger partial charge is 0.330 e. The van der Waals surface area contributed by atoms with Crippen LogP contribution in [0.25, 0.3) is 6.08 Å². The number of carbonyl (C=O) groups excluding carboxylic acids is 1. The first kappa shape index (κ1) is 19.4. The lowest BCUT2D eigenvalue weighted by molar-refractivity contribution is -0.137. The molecule has 0 fully saturated rings. The number of hydrogen-bond acceptors (Lipinski definition) is 3. The van der Waals surface area contributed by atoms with Gasteiger partial charge in [0.15, 0.2) is 0 Å². The number of hydrogen-bond donors (Lipinski definition) is 0. The zero-order chi connectivity index (χ0) is 17.2. The Kier molecular flexibility index (Phi) is 8.56. The Morgan fingerprint density at radius 1 is 1.26 bits per heavy atom. The van der Waals surface area contributed by atoms with Crippen LogP contribution in [-0.2, 0) is 14.3 Å². The molecule has 23 heavy (non-hydrogen) atoms. The molecule has 1 aromatic carbocycles. The third-order valence-electron chi connectivity index (χ3n) is 3.93. The molecule has 0 saturated heterocycles. The summed E-state index contributed by atoms with van der Waals surface area (Å²) in [4.78, 5) is 11.4. The number of rotatable bonds is 9. The molecule has 0 heterocycles. The van der Waals surface area contributed by atoms with Gasteiger partial charge in [-0.2, -0.15) is 0 Å². The lowest BCUT2D eigenvalue weighted by Crippen LogP contribution is -2.11. The van der Waals surface area contributed by atoms with E-state index in [1.165, 1.54) is 18.2 Å². The van der Waals surface area contributed by atoms with Crippen molar-refractivity contribution in [2.75, 3.05) is 13.2 Å². The molecule has 0 aliphatic carbocycles. The summed E-state index contributed by atoms with van der Waals surface area (Å²) in [7, 11) is 0. The minimum atomic E-state index is -0.479. The van der Waals surface area contributed by atoms with E-state index < -0.39 is 5.97 Å². The van der Waals surface area contributed by atoms with Crippen molar-refractivity contribution in [2.24, 2.45) is 5.92 Å². The summed E-state index contributed by atoms with van der Waals surface area (Å²) < 4.78 is 24.9. The van der Waals surface area contributed by atoms with Gasteiger partial charge in [-0.1, -0.05) is 38.8 Å². The van der Waals surface area contributed by atoms with E-state index in [-0.39, 0.29) is 11.9 Å². The van der Waals surface area contributed by atoms with Gasteiger partial charge in [-0.25, -0.2) is 9.18 Å². The van der Waals surface area contributed by atoms with Crippen LogP contribution in [-0.4, -0.2) is 19.2 Å². The summed E-state index contributed by atoms with van der Waals surface area (Å²) in [5, 5.41) is 0. The van der Waals surface area contributed by atoms with Crippen molar-refractivity contribution in [1.29, 1.82) is 0 Å². The van der Waals surface area contributed by atoms with E-state index >= 15 is 0 Å². The Bertz CT molecular complexity index is 521. The summed E-state index contributed by atoms with van der Waals surface area (Å²) in [6.45, 7) is 8.84. The second-order valence-electron chi connectivity index (χ2n) is 5.49. The molecule has 128 valence electrons. The average molecular weight is 322 g/mol. The van der Waals surface area contributed by atoms with E-state index in [0.29, 0.717) is 24.7 Å². The average Bonchev–Trinajstić information content (AvgIpc) is 2.54. The molecule has 0 N–H and O–H groups in total. The van der Waals surface area contributed by atoms with E-state index in [0.717, 1.165) is 18.4 Å². The highest BCUT2D eigenvalue weighted by molar-refractivity contribution is 5.87. The third kappa shape index (κ3) is 6.14. The van der Waals surface area contributed by atoms with Gasteiger partial charge in [0.1, 0.15) is 5.82 Å². The van der Waals surface area contributed by atoms with Crippen LogP contribution in [0.1, 0.15) is 57.8 Å². The SMILES string of the molecule is CCOC(=O)/C=C/c1c(F)cccc1[C@@H](C)OCC(CC)CC. The van der Waals surface area contributed by atoms with Gasteiger partial charge in [0.2, 0.25) is 0 Å². The quantitative estimate of drug-likeness (QED) is 0.478. The minimum absolute atomic E-state index is 0.242. The predicted octanol–water partition coefficient (Wildman–Crippen LogP) is 4.92. The second kappa shape index (κ2) is 10.2. The van der Waals surface area contributed by atoms with Crippen molar-refractivity contribution in [3.05, 3.63) is 41.2 Å². The fraction of sp³-hybridized carbons (Fsp3) is 0.526. The minimum Gasteiger partial charge on any atom is -0.463 e. The molecule has 0 aromatic heterocycles. The van der Waals surface area contributed by atoms with Gasteiger partial charge < -0.3 is 9.47 Å². The molecule has 0 aliphatic rings. The molecule has 0 radical (unpaired) electrons. The van der Waals surface area contributed by atoms with Gasteiger partial charge in [-0.3, -0.25) is 0 Å². The van der Waals surface area contributed by atoms with Crippen molar-refractivity contribution >= 4 is 12.0 Å². The Balaban J connectivity index is 2.89. The van der Waals surface area contributed by atoms with Crippen LogP contribution in [0.3, 0.4) is 0 Å². The topological polar surface area (TPSA) is 35.5 Å². The maximum atomic E-state index is 14.1. The first-order valence-electron chi connectivity index (χ1n) is 8.28. The van der Waals surface area contributed by atoms with Crippen LogP contribution in [0, 0.1) is 11.7 Å². The van der Waals surface area contributed by atoms with Crippen LogP contribution >= 0.6 is 0 Å². The Hall–Kier alpha value is -1.68. The van der Waals surface area contributed by atoms with Gasteiger partial charge in [0.05, 0.1) is 19.3 Å². The molecular weight excluding hydrogens is 295 g/mol. The van der Waals surface area contributed by atoms with Crippen molar-refractivity contribution < 1.29 is 18.7 Å². The molecule has 1 aromatic rings. The van der Waals surface area contributed by atoms with E-state index in [1.807, 2.05) is 13.0 Å². The molecule has 0 unspecified atom stereocenters.